The molecule has 172 valence electrons. The summed E-state index contributed by atoms with van der Waals surface area (Å²) in [4.78, 5) is 26.2. The maximum atomic E-state index is 13.6. The lowest BCUT2D eigenvalue weighted by atomic mass is 9.68. The van der Waals surface area contributed by atoms with Gasteiger partial charge in [-0.2, -0.15) is 0 Å². The Kier molecular flexibility index (Phi) is 8.57. The molecule has 3 rings (SSSR count). The number of carbonyl (C=O) groups excluding carboxylic acids is 2. The van der Waals surface area contributed by atoms with Crippen molar-refractivity contribution in [2.75, 3.05) is 18.5 Å². The molecule has 0 aromatic heterocycles. The average Bonchev–Trinajstić information content (AvgIpc) is 2.81. The smallest absolute Gasteiger partial charge is 0.341 e. The van der Waals surface area contributed by atoms with Crippen LogP contribution in [-0.4, -0.2) is 25.1 Å². The van der Waals surface area contributed by atoms with Crippen LogP contribution in [0.2, 0.25) is 5.02 Å². The Morgan fingerprint density at radius 1 is 1.06 bits per heavy atom. The third kappa shape index (κ3) is 5.44. The summed E-state index contributed by atoms with van der Waals surface area (Å²) in [6.07, 6.45) is 6.41. The molecule has 0 aliphatic heterocycles. The molecular weight excluding hydrogens is 426 g/mol. The van der Waals surface area contributed by atoms with Crippen molar-refractivity contribution in [2.24, 2.45) is 0 Å². The maximum Gasteiger partial charge on any atom is 0.341 e. The van der Waals surface area contributed by atoms with Gasteiger partial charge in [-0.1, -0.05) is 62.4 Å². The molecular formula is C26H32ClNO4. The van der Waals surface area contributed by atoms with Crippen LogP contribution in [0.3, 0.4) is 0 Å². The molecule has 5 nitrogen and oxygen atoms in total. The highest BCUT2D eigenvalue weighted by atomic mass is 35.5. The molecule has 0 radical (unpaired) electrons. The SMILES string of the molecule is CCCCOc1ccc(NC(=O)C2(c3ccccc3Cl)CCCCC2)cc1C(=O)OCC. The molecule has 2 aromatic rings. The fourth-order valence-corrected chi connectivity index (χ4v) is 4.62. The van der Waals surface area contributed by atoms with E-state index in [-0.39, 0.29) is 12.5 Å². The topological polar surface area (TPSA) is 64.6 Å². The number of rotatable bonds is 9. The highest BCUT2D eigenvalue weighted by Crippen LogP contribution is 2.43. The molecule has 6 heteroatoms. The van der Waals surface area contributed by atoms with E-state index in [1.54, 1.807) is 25.1 Å². The summed E-state index contributed by atoms with van der Waals surface area (Å²) < 4.78 is 11.0. The lowest BCUT2D eigenvalue weighted by Gasteiger charge is -2.37. The van der Waals surface area contributed by atoms with Crippen molar-refractivity contribution in [1.29, 1.82) is 0 Å². The molecule has 32 heavy (non-hydrogen) atoms. The van der Waals surface area contributed by atoms with E-state index in [2.05, 4.69) is 12.2 Å². The number of anilines is 1. The van der Waals surface area contributed by atoms with Gasteiger partial charge in [0.2, 0.25) is 5.91 Å². The number of ether oxygens (including phenoxy) is 2. The molecule has 0 atom stereocenters. The Morgan fingerprint density at radius 3 is 2.50 bits per heavy atom. The summed E-state index contributed by atoms with van der Waals surface area (Å²) in [7, 11) is 0. The molecule has 1 aliphatic rings. The van der Waals surface area contributed by atoms with Crippen LogP contribution in [0, 0.1) is 0 Å². The zero-order valence-electron chi connectivity index (χ0n) is 18.9. The largest absolute Gasteiger partial charge is 0.493 e. The summed E-state index contributed by atoms with van der Waals surface area (Å²) in [6, 6.07) is 12.7. The number of carbonyl (C=O) groups is 2. The predicted octanol–water partition coefficient (Wildman–Crippen LogP) is 6.54. The molecule has 2 aromatic carbocycles. The first kappa shape index (κ1) is 24.1. The standard InChI is InChI=1S/C26H32ClNO4/c1-3-5-17-32-23-14-13-19(18-20(23)24(29)31-4-2)28-25(30)26(15-9-6-10-16-26)21-11-7-8-12-22(21)27/h7-8,11-14,18H,3-6,9-10,15-17H2,1-2H3,(H,28,30). The van der Waals surface area contributed by atoms with Crippen molar-refractivity contribution in [3.63, 3.8) is 0 Å². The number of amides is 1. The minimum absolute atomic E-state index is 0.0974. The lowest BCUT2D eigenvalue weighted by molar-refractivity contribution is -0.122. The number of benzene rings is 2. The van der Waals surface area contributed by atoms with E-state index in [1.165, 1.54) is 0 Å². The van der Waals surface area contributed by atoms with Crippen LogP contribution in [0.1, 0.15) is 74.7 Å². The second-order valence-corrected chi connectivity index (χ2v) is 8.62. The quantitative estimate of drug-likeness (QED) is 0.343. The van der Waals surface area contributed by atoms with Crippen LogP contribution in [0.25, 0.3) is 0 Å². The second-order valence-electron chi connectivity index (χ2n) is 8.21. The molecule has 0 spiro atoms. The van der Waals surface area contributed by atoms with Crippen LogP contribution in [-0.2, 0) is 14.9 Å². The summed E-state index contributed by atoms with van der Waals surface area (Å²) >= 11 is 6.52. The maximum absolute atomic E-state index is 13.6. The van der Waals surface area contributed by atoms with Crippen LogP contribution in [0.5, 0.6) is 5.75 Å². The third-order valence-electron chi connectivity index (χ3n) is 6.02. The van der Waals surface area contributed by atoms with Gasteiger partial charge in [-0.3, -0.25) is 4.79 Å². The minimum Gasteiger partial charge on any atom is -0.493 e. The van der Waals surface area contributed by atoms with Crippen molar-refractivity contribution in [3.05, 3.63) is 58.6 Å². The molecule has 1 saturated carbocycles. The zero-order valence-corrected chi connectivity index (χ0v) is 19.7. The predicted molar refractivity (Wildman–Crippen MR) is 128 cm³/mol. The Hall–Kier alpha value is -2.53. The van der Waals surface area contributed by atoms with Gasteiger partial charge >= 0.3 is 5.97 Å². The normalized spacial score (nSPS) is 15.1. The highest BCUT2D eigenvalue weighted by molar-refractivity contribution is 6.31. The van der Waals surface area contributed by atoms with E-state index >= 15 is 0 Å². The number of hydrogen-bond acceptors (Lipinski definition) is 4. The van der Waals surface area contributed by atoms with Crippen molar-refractivity contribution in [2.45, 2.75) is 64.2 Å². The van der Waals surface area contributed by atoms with Crippen LogP contribution in [0.15, 0.2) is 42.5 Å². The number of unbranched alkanes of at least 4 members (excludes halogenated alkanes) is 1. The number of halogens is 1. The van der Waals surface area contributed by atoms with Gasteiger partial charge in [0, 0.05) is 10.7 Å². The second kappa shape index (κ2) is 11.4. The Morgan fingerprint density at radius 2 is 1.81 bits per heavy atom. The van der Waals surface area contributed by atoms with E-state index in [4.69, 9.17) is 21.1 Å². The van der Waals surface area contributed by atoms with Gasteiger partial charge in [-0.25, -0.2) is 4.79 Å². The highest BCUT2D eigenvalue weighted by Gasteiger charge is 2.42. The van der Waals surface area contributed by atoms with Crippen molar-refractivity contribution in [1.82, 2.24) is 0 Å². The van der Waals surface area contributed by atoms with E-state index < -0.39 is 11.4 Å². The molecule has 0 heterocycles. The van der Waals surface area contributed by atoms with Gasteiger partial charge in [0.1, 0.15) is 11.3 Å². The van der Waals surface area contributed by atoms with Crippen LogP contribution in [0.4, 0.5) is 5.69 Å². The van der Waals surface area contributed by atoms with E-state index in [0.29, 0.717) is 28.6 Å². The van der Waals surface area contributed by atoms with Crippen molar-refractivity contribution < 1.29 is 19.1 Å². The van der Waals surface area contributed by atoms with E-state index in [1.807, 2.05) is 24.3 Å². The molecule has 0 bridgehead atoms. The van der Waals surface area contributed by atoms with E-state index in [9.17, 15) is 9.59 Å². The van der Waals surface area contributed by atoms with Crippen LogP contribution >= 0.6 is 11.6 Å². The summed E-state index contributed by atoms with van der Waals surface area (Å²) in [6.45, 7) is 4.62. The van der Waals surface area contributed by atoms with Gasteiger partial charge in [0.05, 0.1) is 18.6 Å². The summed E-state index contributed by atoms with van der Waals surface area (Å²) in [5.41, 5.74) is 1.04. The zero-order chi connectivity index (χ0) is 23.0. The summed E-state index contributed by atoms with van der Waals surface area (Å²) in [5.74, 6) is -0.0956. The molecule has 1 aliphatic carbocycles. The van der Waals surface area contributed by atoms with Crippen molar-refractivity contribution >= 4 is 29.2 Å². The molecule has 0 unspecified atom stereocenters. The Balaban J connectivity index is 1.90. The molecule has 1 amide bonds. The first-order valence-corrected chi connectivity index (χ1v) is 11.9. The molecule has 1 N–H and O–H groups in total. The Labute approximate surface area is 195 Å². The van der Waals surface area contributed by atoms with Crippen LogP contribution < -0.4 is 10.1 Å². The lowest BCUT2D eigenvalue weighted by Crippen LogP contribution is -2.42. The Bertz CT molecular complexity index is 937. The molecule has 1 fully saturated rings. The van der Waals surface area contributed by atoms with Crippen molar-refractivity contribution in [3.8, 4) is 5.75 Å². The molecule has 0 saturated heterocycles. The monoisotopic (exact) mass is 457 g/mol. The average molecular weight is 458 g/mol. The number of esters is 1. The van der Waals surface area contributed by atoms with Gasteiger partial charge < -0.3 is 14.8 Å². The summed E-state index contributed by atoms with van der Waals surface area (Å²) in [5, 5.41) is 3.66. The van der Waals surface area contributed by atoms with E-state index in [0.717, 1.165) is 50.5 Å². The van der Waals surface area contributed by atoms with Gasteiger partial charge in [0.15, 0.2) is 0 Å². The number of hydrogen-bond donors (Lipinski definition) is 1. The van der Waals surface area contributed by atoms with Gasteiger partial charge in [-0.15, -0.1) is 0 Å². The minimum atomic E-state index is -0.684. The third-order valence-corrected chi connectivity index (χ3v) is 6.35. The number of nitrogens with one attached hydrogen (secondary N) is 1. The first-order chi connectivity index (χ1) is 15.5. The van der Waals surface area contributed by atoms with Gasteiger partial charge in [-0.05, 0) is 56.0 Å². The fraction of sp³-hybridized carbons (Fsp3) is 0.462. The first-order valence-electron chi connectivity index (χ1n) is 11.5. The van der Waals surface area contributed by atoms with Gasteiger partial charge in [0.25, 0.3) is 0 Å². The fourth-order valence-electron chi connectivity index (χ4n) is 4.30.